The van der Waals surface area contributed by atoms with Crippen LogP contribution in [-0.2, 0) is 0 Å². The van der Waals surface area contributed by atoms with E-state index in [-0.39, 0.29) is 0 Å². The molecule has 0 saturated heterocycles. The third-order valence-corrected chi connectivity index (χ3v) is 13.5. The van der Waals surface area contributed by atoms with E-state index in [0.29, 0.717) is 20.6 Å². The van der Waals surface area contributed by atoms with Crippen LogP contribution >= 0.6 is 7.26 Å². The van der Waals surface area contributed by atoms with Crippen LogP contribution in [0.25, 0.3) is 0 Å². The summed E-state index contributed by atoms with van der Waals surface area (Å²) in [5.74, 6) is 0. The van der Waals surface area contributed by atoms with Crippen molar-refractivity contribution >= 4 is 7.26 Å². The molecule has 0 aliphatic carbocycles. The van der Waals surface area contributed by atoms with Gasteiger partial charge >= 0.3 is 111 Å². The van der Waals surface area contributed by atoms with Gasteiger partial charge < -0.3 is 0 Å². The van der Waals surface area contributed by atoms with Crippen molar-refractivity contribution < 1.29 is 0 Å². The molecular weight excluding hydrogens is 223 g/mol. The Morgan fingerprint density at radius 2 is 0.471 bits per heavy atom. The van der Waals surface area contributed by atoms with Gasteiger partial charge in [0.2, 0.25) is 0 Å². The summed E-state index contributed by atoms with van der Waals surface area (Å²) in [6.07, 6.45) is 0. The molecule has 106 valence electrons. The van der Waals surface area contributed by atoms with Crippen LogP contribution in [0.5, 0.6) is 0 Å². The molecule has 0 amide bonds. The van der Waals surface area contributed by atoms with Gasteiger partial charge in [0.25, 0.3) is 0 Å². The molecule has 0 aliphatic rings. The van der Waals surface area contributed by atoms with Crippen LogP contribution < -0.4 is 0 Å². The Morgan fingerprint density at radius 3 is 0.471 bits per heavy atom. The summed E-state index contributed by atoms with van der Waals surface area (Å²) < 4.78 is 0. The minimum absolute atomic E-state index is 0.405. The van der Waals surface area contributed by atoms with E-state index in [4.69, 9.17) is 0 Å². The molecule has 0 unspecified atom stereocenters. The Balaban J connectivity index is 6.37. The van der Waals surface area contributed by atoms with Crippen LogP contribution in [0.2, 0.25) is 0 Å². The summed E-state index contributed by atoms with van der Waals surface area (Å²) in [6.45, 7) is 29.7. The quantitative estimate of drug-likeness (QED) is 0.473. The molecule has 0 bridgehead atoms. The van der Waals surface area contributed by atoms with E-state index in [1.807, 2.05) is 0 Å². The molecule has 17 heavy (non-hydrogen) atoms. The number of rotatable bonds is 0. The predicted molar refractivity (Wildman–Crippen MR) is 87.3 cm³/mol. The molecule has 0 radical (unpaired) electrons. The van der Waals surface area contributed by atoms with Gasteiger partial charge in [0.1, 0.15) is 0 Å². The van der Waals surface area contributed by atoms with E-state index in [9.17, 15) is 0 Å². The first kappa shape index (κ1) is 17.4. The average Bonchev–Trinajstić information content (AvgIpc) is 1.67. The molecule has 0 aromatic carbocycles. The Bertz CT molecular complexity index is 198. The maximum atomic E-state index is 2.47. The molecule has 1 heteroatoms. The van der Waals surface area contributed by atoms with Crippen LogP contribution in [0.1, 0.15) is 83.1 Å². The maximum absolute atomic E-state index is 2.47. The van der Waals surface area contributed by atoms with Crippen molar-refractivity contribution in [2.75, 3.05) is 0 Å². The van der Waals surface area contributed by atoms with Gasteiger partial charge in [-0.05, 0) is 0 Å². The summed E-state index contributed by atoms with van der Waals surface area (Å²) in [4.78, 5) is 0. The summed E-state index contributed by atoms with van der Waals surface area (Å²) in [7, 11) is -1.60. The van der Waals surface area contributed by atoms with Crippen LogP contribution in [0.4, 0.5) is 0 Å². The van der Waals surface area contributed by atoms with E-state index in [2.05, 4.69) is 83.1 Å². The molecular formula is C16H37P. The van der Waals surface area contributed by atoms with E-state index < -0.39 is 7.26 Å². The first-order valence-corrected chi connectivity index (χ1v) is 9.00. The zero-order valence-electron chi connectivity index (χ0n) is 14.5. The zero-order chi connectivity index (χ0) is 14.5. The van der Waals surface area contributed by atoms with E-state index >= 15 is 0 Å². The Morgan fingerprint density at radius 1 is 0.353 bits per heavy atom. The molecule has 0 aromatic heterocycles. The van der Waals surface area contributed by atoms with Crippen LogP contribution in [-0.4, -0.2) is 20.6 Å². The van der Waals surface area contributed by atoms with Crippen molar-refractivity contribution in [1.29, 1.82) is 0 Å². The van der Waals surface area contributed by atoms with Gasteiger partial charge in [-0.1, -0.05) is 0 Å². The van der Waals surface area contributed by atoms with Gasteiger partial charge in [-0.15, -0.1) is 0 Å². The molecule has 0 aliphatic heterocycles. The number of hydrogen-bond acceptors (Lipinski definition) is 0. The van der Waals surface area contributed by atoms with Gasteiger partial charge in [-0.2, -0.15) is 0 Å². The Kier molecular flexibility index (Phi) is 4.33. The summed E-state index contributed by atoms with van der Waals surface area (Å²) in [5, 5.41) is 1.62. The third-order valence-electron chi connectivity index (χ3n) is 4.50. The molecule has 0 rings (SSSR count). The minimum atomic E-state index is -1.60. The van der Waals surface area contributed by atoms with E-state index in [1.54, 1.807) is 0 Å². The van der Waals surface area contributed by atoms with Crippen LogP contribution in [0.15, 0.2) is 0 Å². The van der Waals surface area contributed by atoms with Crippen molar-refractivity contribution in [3.63, 3.8) is 0 Å². The third kappa shape index (κ3) is 2.58. The molecule has 0 N–H and O–H groups in total. The topological polar surface area (TPSA) is 0 Å². The summed E-state index contributed by atoms with van der Waals surface area (Å²) >= 11 is 0. The molecule has 0 nitrogen and oxygen atoms in total. The fourth-order valence-corrected chi connectivity index (χ4v) is 20.2. The van der Waals surface area contributed by atoms with Crippen molar-refractivity contribution in [3.8, 4) is 0 Å². The second kappa shape index (κ2) is 4.22. The normalized spacial score (nSPS) is 17.2. The first-order chi connectivity index (χ1) is 7.00. The molecule has 0 aromatic rings. The molecule has 0 atom stereocenters. The van der Waals surface area contributed by atoms with E-state index in [0.717, 1.165) is 0 Å². The van der Waals surface area contributed by atoms with Gasteiger partial charge in [0.05, 0.1) is 0 Å². The Labute approximate surface area is 111 Å². The van der Waals surface area contributed by atoms with Gasteiger partial charge in [0.15, 0.2) is 0 Å². The second-order valence-corrected chi connectivity index (χ2v) is 17.2. The molecule has 0 spiro atoms. The van der Waals surface area contributed by atoms with Crippen molar-refractivity contribution in [3.05, 3.63) is 0 Å². The van der Waals surface area contributed by atoms with Crippen LogP contribution in [0, 0.1) is 0 Å². The fraction of sp³-hybridized carbons (Fsp3) is 1.00. The van der Waals surface area contributed by atoms with Gasteiger partial charge in [0, 0.05) is 0 Å². The van der Waals surface area contributed by atoms with E-state index in [1.165, 1.54) is 0 Å². The van der Waals surface area contributed by atoms with Gasteiger partial charge in [-0.3, -0.25) is 0 Å². The van der Waals surface area contributed by atoms with Crippen molar-refractivity contribution in [1.82, 2.24) is 0 Å². The van der Waals surface area contributed by atoms with Crippen LogP contribution in [0.3, 0.4) is 0 Å². The average molecular weight is 260 g/mol. The SMILES string of the molecule is CC(C)(C)[PH](C(C)(C)C)(C(C)(C)C)C(C)(C)C. The summed E-state index contributed by atoms with van der Waals surface area (Å²) in [5.41, 5.74) is 0. The fourth-order valence-electron chi connectivity index (χ4n) is 6.75. The Hall–Kier alpha value is 0.430. The second-order valence-electron chi connectivity index (χ2n) is 9.75. The molecule has 0 fully saturated rings. The summed E-state index contributed by atoms with van der Waals surface area (Å²) in [6, 6.07) is 0. The standard InChI is InChI=1S/C16H37P/c1-13(2,3)17(14(4,5)6,15(7,8)9)16(10,11)12/h17H,1-12H3. The van der Waals surface area contributed by atoms with Gasteiger partial charge in [-0.25, -0.2) is 0 Å². The monoisotopic (exact) mass is 260 g/mol. The first-order valence-electron chi connectivity index (χ1n) is 7.00. The molecule has 0 heterocycles. The predicted octanol–water partition coefficient (Wildman–Crippen LogP) is 5.93. The number of hydrogen-bond donors (Lipinski definition) is 0. The van der Waals surface area contributed by atoms with Crippen molar-refractivity contribution in [2.45, 2.75) is 104 Å². The molecule has 0 saturated carbocycles. The zero-order valence-corrected chi connectivity index (χ0v) is 15.5. The van der Waals surface area contributed by atoms with Crippen molar-refractivity contribution in [2.24, 2.45) is 0 Å².